The van der Waals surface area contributed by atoms with Crippen molar-refractivity contribution in [2.75, 3.05) is 6.61 Å². The van der Waals surface area contributed by atoms with Crippen LogP contribution in [0.5, 0.6) is 0 Å². The van der Waals surface area contributed by atoms with Gasteiger partial charge in [-0.3, -0.25) is 0 Å². The van der Waals surface area contributed by atoms with Crippen molar-refractivity contribution >= 4 is 12.4 Å². The minimum absolute atomic E-state index is 0. The predicted octanol–water partition coefficient (Wildman–Crippen LogP) is 1.69. The van der Waals surface area contributed by atoms with Crippen LogP contribution in [0.3, 0.4) is 0 Å². The van der Waals surface area contributed by atoms with E-state index in [4.69, 9.17) is 0 Å². The maximum absolute atomic E-state index is 4.41. The molecule has 0 aromatic carbocycles. The first kappa shape index (κ1) is 10.7. The summed E-state index contributed by atoms with van der Waals surface area (Å²) in [5, 5.41) is 0. The molecule has 0 rings (SSSR count). The number of hydrogen-bond donors (Lipinski definition) is 0. The number of rotatable bonds is 3. The Balaban J connectivity index is 0. The summed E-state index contributed by atoms with van der Waals surface area (Å²) in [5.41, 5.74) is 0. The zero-order chi connectivity index (χ0) is 4.83. The van der Waals surface area contributed by atoms with Gasteiger partial charge in [0, 0.05) is 0 Å². The zero-order valence-electron chi connectivity index (χ0n) is 4.25. The minimum atomic E-state index is 0. The van der Waals surface area contributed by atoms with Gasteiger partial charge in [0.2, 0.25) is 0 Å². The normalized spacial score (nSPS) is 7.86. The Morgan fingerprint density at radius 3 is 2.29 bits per heavy atom. The number of hydrogen-bond acceptors (Lipinski definition) is 1. The van der Waals surface area contributed by atoms with Crippen molar-refractivity contribution in [3.05, 3.63) is 0 Å². The summed E-state index contributed by atoms with van der Waals surface area (Å²) in [4.78, 5) is 0. The molecule has 0 N–H and O–H groups in total. The monoisotopic (exact) mass is 167 g/mol. The Kier molecular flexibility index (Phi) is 15.1. The van der Waals surface area contributed by atoms with E-state index in [-0.39, 0.29) is 12.4 Å². The second-order valence-electron chi connectivity index (χ2n) is 1.15. The third kappa shape index (κ3) is 10.8. The standard InChI is InChI=1S/C4H9O.ClH.Ni/c1-2-3-4-5;;/h2-4H2,1H3;1H;/q-1;;+1. The summed E-state index contributed by atoms with van der Waals surface area (Å²) in [6.07, 6.45) is 2.27. The molecule has 0 aromatic heterocycles. The molecule has 0 amide bonds. The maximum atomic E-state index is 4.41. The van der Waals surface area contributed by atoms with E-state index in [0.29, 0.717) is 0 Å². The van der Waals surface area contributed by atoms with Gasteiger partial charge in [0.15, 0.2) is 0 Å². The molecule has 49 valence electrons. The van der Waals surface area contributed by atoms with E-state index in [1.807, 2.05) is 0 Å². The SMILES string of the molecule is CCCC[O][Ni].Cl. The Morgan fingerprint density at radius 2 is 2.14 bits per heavy atom. The van der Waals surface area contributed by atoms with Crippen molar-refractivity contribution in [3.63, 3.8) is 0 Å². The molecule has 0 unspecified atom stereocenters. The van der Waals surface area contributed by atoms with Gasteiger partial charge in [-0.15, -0.1) is 12.4 Å². The van der Waals surface area contributed by atoms with Crippen LogP contribution in [0.1, 0.15) is 19.8 Å². The molecule has 0 saturated heterocycles. The predicted molar refractivity (Wildman–Crippen MR) is 28.1 cm³/mol. The summed E-state index contributed by atoms with van der Waals surface area (Å²) in [5.74, 6) is 0. The third-order valence-electron chi connectivity index (χ3n) is 0.562. The molecule has 0 atom stereocenters. The molecule has 0 saturated carbocycles. The topological polar surface area (TPSA) is 9.23 Å². The fourth-order valence-electron chi connectivity index (χ4n) is 0.190. The molecule has 0 radical (unpaired) electrons. The Labute approximate surface area is 58.9 Å². The van der Waals surface area contributed by atoms with Crippen molar-refractivity contribution in [2.24, 2.45) is 0 Å². The largest absolute Gasteiger partial charge is 0.147 e. The molecule has 7 heavy (non-hydrogen) atoms. The molecule has 0 heterocycles. The van der Waals surface area contributed by atoms with Gasteiger partial charge in [-0.05, 0) is 0 Å². The smallest absolute Gasteiger partial charge is 0.147 e. The molecule has 0 aromatic rings. The van der Waals surface area contributed by atoms with Crippen LogP contribution in [-0.2, 0) is 19.7 Å². The molecule has 1 nitrogen and oxygen atoms in total. The molecular weight excluding hydrogens is 158 g/mol. The second-order valence-corrected chi connectivity index (χ2v) is 1.43. The molecule has 0 fully saturated rings. The van der Waals surface area contributed by atoms with Crippen LogP contribution in [0.25, 0.3) is 0 Å². The van der Waals surface area contributed by atoms with Gasteiger partial charge in [0.05, 0.1) is 0 Å². The van der Waals surface area contributed by atoms with Gasteiger partial charge >= 0.3 is 46.0 Å². The summed E-state index contributed by atoms with van der Waals surface area (Å²) in [6.45, 7) is 2.86. The maximum Gasteiger partial charge on any atom is -0.147 e. The first-order valence-corrected chi connectivity index (χ1v) is 2.53. The van der Waals surface area contributed by atoms with Gasteiger partial charge in [0.25, 0.3) is 0 Å². The van der Waals surface area contributed by atoms with Crippen molar-refractivity contribution < 1.29 is 19.7 Å². The van der Waals surface area contributed by atoms with E-state index in [9.17, 15) is 0 Å². The Morgan fingerprint density at radius 1 is 1.57 bits per heavy atom. The zero-order valence-corrected chi connectivity index (χ0v) is 6.06. The molecule has 0 spiro atoms. The van der Waals surface area contributed by atoms with E-state index in [1.165, 1.54) is 6.42 Å². The number of unbranched alkanes of at least 4 members (excludes halogenated alkanes) is 1. The van der Waals surface area contributed by atoms with Crippen LogP contribution in [0, 0.1) is 0 Å². The van der Waals surface area contributed by atoms with Crippen molar-refractivity contribution in [1.29, 1.82) is 0 Å². The van der Waals surface area contributed by atoms with Crippen molar-refractivity contribution in [3.8, 4) is 0 Å². The van der Waals surface area contributed by atoms with E-state index < -0.39 is 0 Å². The van der Waals surface area contributed by atoms with Crippen LogP contribution in [-0.4, -0.2) is 6.61 Å². The van der Waals surface area contributed by atoms with Crippen LogP contribution >= 0.6 is 12.4 Å². The first-order valence-electron chi connectivity index (χ1n) is 2.12. The minimum Gasteiger partial charge on any atom is -0.147 e. The third-order valence-corrected chi connectivity index (χ3v) is 0.764. The summed E-state index contributed by atoms with van der Waals surface area (Å²) in [7, 11) is 0. The van der Waals surface area contributed by atoms with Gasteiger partial charge in [-0.2, -0.15) is 0 Å². The number of halogens is 1. The van der Waals surface area contributed by atoms with Gasteiger partial charge in [-0.1, -0.05) is 0 Å². The average Bonchev–Trinajstić information content (AvgIpc) is 1.61. The molecule has 0 bridgehead atoms. The molecule has 0 aliphatic heterocycles. The summed E-state index contributed by atoms with van der Waals surface area (Å²) < 4.78 is 4.41. The van der Waals surface area contributed by atoms with E-state index in [2.05, 4.69) is 26.6 Å². The fraction of sp³-hybridized carbons (Fsp3) is 1.00. The molecule has 0 aliphatic carbocycles. The van der Waals surface area contributed by atoms with E-state index >= 15 is 0 Å². The van der Waals surface area contributed by atoms with Crippen molar-refractivity contribution in [2.45, 2.75) is 19.8 Å². The van der Waals surface area contributed by atoms with Gasteiger partial charge in [0.1, 0.15) is 0 Å². The van der Waals surface area contributed by atoms with Crippen LogP contribution in [0.4, 0.5) is 0 Å². The quantitative estimate of drug-likeness (QED) is 0.460. The van der Waals surface area contributed by atoms with E-state index in [1.54, 1.807) is 0 Å². The molecule has 0 aliphatic rings. The van der Waals surface area contributed by atoms with E-state index in [0.717, 1.165) is 13.0 Å². The van der Waals surface area contributed by atoms with Gasteiger partial charge in [-0.25, -0.2) is 0 Å². The second kappa shape index (κ2) is 9.89. The fourth-order valence-corrected chi connectivity index (χ4v) is 0.333. The van der Waals surface area contributed by atoms with Crippen LogP contribution in [0.2, 0.25) is 0 Å². The van der Waals surface area contributed by atoms with Crippen LogP contribution in [0.15, 0.2) is 0 Å². The molecular formula is C4H10ClNiO. The summed E-state index contributed by atoms with van der Waals surface area (Å²) >= 11 is 3.97. The Hall–Kier alpha value is 0.744. The Bertz CT molecular complexity index is 23.7. The summed E-state index contributed by atoms with van der Waals surface area (Å²) in [6, 6.07) is 0. The van der Waals surface area contributed by atoms with Gasteiger partial charge < -0.3 is 0 Å². The van der Waals surface area contributed by atoms with Crippen molar-refractivity contribution in [1.82, 2.24) is 0 Å². The van der Waals surface area contributed by atoms with Crippen LogP contribution < -0.4 is 0 Å². The molecule has 3 heteroatoms. The average molecular weight is 168 g/mol. The first-order chi connectivity index (χ1) is 2.91.